The van der Waals surface area contributed by atoms with Crippen molar-refractivity contribution in [3.8, 4) is 0 Å². The van der Waals surface area contributed by atoms with Crippen molar-refractivity contribution in [2.75, 3.05) is 18.5 Å². The highest BCUT2D eigenvalue weighted by Crippen LogP contribution is 2.22. The Morgan fingerprint density at radius 3 is 2.90 bits per heavy atom. The third kappa shape index (κ3) is 4.29. The molecule has 1 aromatic heterocycles. The molecule has 2 rings (SSSR count). The summed E-state index contributed by atoms with van der Waals surface area (Å²) in [6, 6.07) is 8.45. The third-order valence-electron chi connectivity index (χ3n) is 3.04. The first-order valence-electron chi connectivity index (χ1n) is 7.04. The Labute approximate surface area is 129 Å². The van der Waals surface area contributed by atoms with E-state index in [1.54, 1.807) is 6.92 Å². The highest BCUT2D eigenvalue weighted by molar-refractivity contribution is 7.15. The summed E-state index contributed by atoms with van der Waals surface area (Å²) in [5.41, 5.74) is 2.98. The number of esters is 1. The number of nitrogens with one attached hydrogen (secondary N) is 1. The van der Waals surface area contributed by atoms with Gasteiger partial charge in [0.15, 0.2) is 10.8 Å². The normalized spacial score (nSPS) is 10.4. The van der Waals surface area contributed by atoms with Crippen molar-refractivity contribution in [1.29, 1.82) is 0 Å². The minimum absolute atomic E-state index is 0.349. The second-order valence-electron chi connectivity index (χ2n) is 4.81. The van der Waals surface area contributed by atoms with Crippen LogP contribution in [0.25, 0.3) is 0 Å². The van der Waals surface area contributed by atoms with E-state index >= 15 is 0 Å². The third-order valence-corrected chi connectivity index (χ3v) is 3.97. The smallest absolute Gasteiger partial charge is 0.358 e. The van der Waals surface area contributed by atoms with Crippen molar-refractivity contribution < 1.29 is 9.53 Å². The van der Waals surface area contributed by atoms with E-state index in [-0.39, 0.29) is 5.97 Å². The van der Waals surface area contributed by atoms with E-state index in [1.165, 1.54) is 22.5 Å². The fraction of sp³-hybridized carbons (Fsp3) is 0.375. The van der Waals surface area contributed by atoms with Crippen LogP contribution in [0.3, 0.4) is 0 Å². The van der Waals surface area contributed by atoms with Crippen LogP contribution in [0.15, 0.2) is 24.3 Å². The molecule has 0 spiro atoms. The van der Waals surface area contributed by atoms with Crippen LogP contribution in [0, 0.1) is 13.8 Å². The standard InChI is InChI=1S/C16H20N2O2S/c1-4-20-15(19)14-12(3)21-16(18-14)17-9-8-13-7-5-6-11(2)10-13/h5-7,10H,4,8-9H2,1-3H3,(H,17,18). The van der Waals surface area contributed by atoms with Crippen LogP contribution in [0.1, 0.15) is 33.4 Å². The zero-order valence-electron chi connectivity index (χ0n) is 12.6. The number of rotatable bonds is 6. The van der Waals surface area contributed by atoms with Crippen LogP contribution in [0.5, 0.6) is 0 Å². The van der Waals surface area contributed by atoms with Crippen LogP contribution >= 0.6 is 11.3 Å². The van der Waals surface area contributed by atoms with Gasteiger partial charge in [-0.1, -0.05) is 29.8 Å². The van der Waals surface area contributed by atoms with Gasteiger partial charge in [-0.3, -0.25) is 0 Å². The van der Waals surface area contributed by atoms with Gasteiger partial charge in [-0.05, 0) is 32.8 Å². The van der Waals surface area contributed by atoms with Crippen LogP contribution < -0.4 is 5.32 Å². The van der Waals surface area contributed by atoms with Crippen molar-refractivity contribution in [2.45, 2.75) is 27.2 Å². The Morgan fingerprint density at radius 1 is 1.38 bits per heavy atom. The van der Waals surface area contributed by atoms with E-state index in [0.29, 0.717) is 12.3 Å². The molecule has 0 fully saturated rings. The predicted octanol–water partition coefficient (Wildman–Crippen LogP) is 3.59. The first kappa shape index (κ1) is 15.5. The first-order valence-corrected chi connectivity index (χ1v) is 7.85. The Kier molecular flexibility index (Phi) is 5.33. The van der Waals surface area contributed by atoms with E-state index in [0.717, 1.165) is 23.0 Å². The zero-order valence-corrected chi connectivity index (χ0v) is 13.4. The Morgan fingerprint density at radius 2 is 2.19 bits per heavy atom. The largest absolute Gasteiger partial charge is 0.461 e. The molecule has 0 radical (unpaired) electrons. The van der Waals surface area contributed by atoms with E-state index in [4.69, 9.17) is 4.74 Å². The lowest BCUT2D eigenvalue weighted by atomic mass is 10.1. The lowest BCUT2D eigenvalue weighted by Crippen LogP contribution is -2.08. The Balaban J connectivity index is 1.92. The maximum absolute atomic E-state index is 11.7. The van der Waals surface area contributed by atoms with Crippen LogP contribution in [0.2, 0.25) is 0 Å². The highest BCUT2D eigenvalue weighted by atomic mass is 32.1. The van der Waals surface area contributed by atoms with Gasteiger partial charge in [-0.25, -0.2) is 9.78 Å². The lowest BCUT2D eigenvalue weighted by molar-refractivity contribution is 0.0519. The predicted molar refractivity (Wildman–Crippen MR) is 86.2 cm³/mol. The van der Waals surface area contributed by atoms with Gasteiger partial charge in [-0.15, -0.1) is 11.3 Å². The topological polar surface area (TPSA) is 51.2 Å². The van der Waals surface area contributed by atoms with Gasteiger partial charge in [-0.2, -0.15) is 0 Å². The molecule has 5 heteroatoms. The molecule has 4 nitrogen and oxygen atoms in total. The maximum atomic E-state index is 11.7. The molecule has 0 aliphatic carbocycles. The van der Waals surface area contributed by atoms with Crippen LogP contribution in [-0.2, 0) is 11.2 Å². The fourth-order valence-electron chi connectivity index (χ4n) is 2.04. The Bertz CT molecular complexity index is 622. The zero-order chi connectivity index (χ0) is 15.2. The molecular formula is C16H20N2O2S. The van der Waals surface area contributed by atoms with Gasteiger partial charge in [0.2, 0.25) is 0 Å². The number of ether oxygens (including phenoxy) is 1. The van der Waals surface area contributed by atoms with Crippen molar-refractivity contribution in [1.82, 2.24) is 4.98 Å². The second-order valence-corrected chi connectivity index (χ2v) is 6.01. The molecule has 1 aromatic carbocycles. The fourth-order valence-corrected chi connectivity index (χ4v) is 2.87. The van der Waals surface area contributed by atoms with E-state index in [1.807, 2.05) is 6.92 Å². The molecule has 0 amide bonds. The number of anilines is 1. The van der Waals surface area contributed by atoms with Crippen molar-refractivity contribution in [3.63, 3.8) is 0 Å². The summed E-state index contributed by atoms with van der Waals surface area (Å²) >= 11 is 1.48. The van der Waals surface area contributed by atoms with Gasteiger partial charge < -0.3 is 10.1 Å². The molecule has 2 aromatic rings. The van der Waals surface area contributed by atoms with Gasteiger partial charge >= 0.3 is 5.97 Å². The number of thiazole rings is 1. The summed E-state index contributed by atoms with van der Waals surface area (Å²) in [5.74, 6) is -0.349. The molecule has 0 bridgehead atoms. The lowest BCUT2D eigenvalue weighted by Gasteiger charge is -2.04. The van der Waals surface area contributed by atoms with Crippen LogP contribution in [-0.4, -0.2) is 24.1 Å². The summed E-state index contributed by atoms with van der Waals surface area (Å²) in [4.78, 5) is 16.9. The Hall–Kier alpha value is -1.88. The highest BCUT2D eigenvalue weighted by Gasteiger charge is 2.16. The van der Waals surface area contributed by atoms with E-state index < -0.39 is 0 Å². The molecule has 1 heterocycles. The van der Waals surface area contributed by atoms with E-state index in [2.05, 4.69) is 41.5 Å². The molecule has 0 saturated carbocycles. The quantitative estimate of drug-likeness (QED) is 0.829. The molecule has 0 unspecified atom stereocenters. The number of benzene rings is 1. The number of aryl methyl sites for hydroxylation is 2. The molecule has 0 aliphatic rings. The number of carbonyl (C=O) groups is 1. The molecule has 0 atom stereocenters. The number of aromatic nitrogens is 1. The SMILES string of the molecule is CCOC(=O)c1nc(NCCc2cccc(C)c2)sc1C. The molecule has 112 valence electrons. The van der Waals surface area contributed by atoms with Crippen molar-refractivity contribution in [3.05, 3.63) is 46.0 Å². The minimum atomic E-state index is -0.349. The monoisotopic (exact) mass is 304 g/mol. The van der Waals surface area contributed by atoms with Gasteiger partial charge in [0.05, 0.1) is 6.61 Å². The summed E-state index contributed by atoms with van der Waals surface area (Å²) in [6.07, 6.45) is 0.926. The second kappa shape index (κ2) is 7.22. The van der Waals surface area contributed by atoms with Crippen molar-refractivity contribution >= 4 is 22.4 Å². The summed E-state index contributed by atoms with van der Waals surface area (Å²) in [6.45, 7) is 6.92. The van der Waals surface area contributed by atoms with Gasteiger partial charge in [0, 0.05) is 11.4 Å². The molecule has 0 saturated heterocycles. The molecule has 21 heavy (non-hydrogen) atoms. The van der Waals surface area contributed by atoms with Crippen molar-refractivity contribution in [2.24, 2.45) is 0 Å². The average molecular weight is 304 g/mol. The van der Waals surface area contributed by atoms with Gasteiger partial charge in [0.1, 0.15) is 0 Å². The number of nitrogens with zero attached hydrogens (tertiary/aromatic N) is 1. The molecule has 0 aliphatic heterocycles. The number of carbonyl (C=O) groups excluding carboxylic acids is 1. The summed E-state index contributed by atoms with van der Waals surface area (Å²) in [5, 5.41) is 4.04. The maximum Gasteiger partial charge on any atom is 0.358 e. The molecular weight excluding hydrogens is 284 g/mol. The summed E-state index contributed by atoms with van der Waals surface area (Å²) in [7, 11) is 0. The van der Waals surface area contributed by atoms with E-state index in [9.17, 15) is 4.79 Å². The summed E-state index contributed by atoms with van der Waals surface area (Å²) < 4.78 is 4.99. The molecule has 1 N–H and O–H groups in total. The first-order chi connectivity index (χ1) is 10.1. The number of hydrogen-bond acceptors (Lipinski definition) is 5. The van der Waals surface area contributed by atoms with Gasteiger partial charge in [0.25, 0.3) is 0 Å². The van der Waals surface area contributed by atoms with Crippen LogP contribution in [0.4, 0.5) is 5.13 Å². The minimum Gasteiger partial charge on any atom is -0.461 e. The number of hydrogen-bond donors (Lipinski definition) is 1. The average Bonchev–Trinajstić information content (AvgIpc) is 2.80.